The van der Waals surface area contributed by atoms with E-state index in [1.165, 1.54) is 6.26 Å². The molecule has 0 radical (unpaired) electrons. The van der Waals surface area contributed by atoms with Crippen molar-refractivity contribution in [3.8, 4) is 0 Å². The van der Waals surface area contributed by atoms with E-state index >= 15 is 0 Å². The van der Waals surface area contributed by atoms with Gasteiger partial charge in [-0.15, -0.1) is 11.6 Å². The Bertz CT molecular complexity index is 677. The van der Waals surface area contributed by atoms with Crippen LogP contribution in [0.1, 0.15) is 12.7 Å². The second kappa shape index (κ2) is 4.90. The predicted molar refractivity (Wildman–Crippen MR) is 72.9 cm³/mol. The van der Waals surface area contributed by atoms with E-state index in [0.29, 0.717) is 17.8 Å². The van der Waals surface area contributed by atoms with Crippen molar-refractivity contribution in [1.82, 2.24) is 9.55 Å². The number of hydrogen-bond acceptors (Lipinski definition) is 3. The highest BCUT2D eigenvalue weighted by Crippen LogP contribution is 2.24. The van der Waals surface area contributed by atoms with Crippen molar-refractivity contribution in [3.63, 3.8) is 0 Å². The van der Waals surface area contributed by atoms with E-state index in [1.54, 1.807) is 12.1 Å². The van der Waals surface area contributed by atoms with Crippen LogP contribution in [0.25, 0.3) is 11.0 Å². The SMILES string of the molecule is CCn1c(CCCl)nc2c(S(C)(=O)=O)cccc21. The van der Waals surface area contributed by atoms with Gasteiger partial charge in [-0.3, -0.25) is 0 Å². The van der Waals surface area contributed by atoms with Gasteiger partial charge in [0.1, 0.15) is 11.3 Å². The Balaban J connectivity index is 2.79. The quantitative estimate of drug-likeness (QED) is 0.810. The normalized spacial score (nSPS) is 12.2. The zero-order chi connectivity index (χ0) is 13.3. The topological polar surface area (TPSA) is 52.0 Å². The summed E-state index contributed by atoms with van der Waals surface area (Å²) in [6.07, 6.45) is 1.83. The number of alkyl halides is 1. The van der Waals surface area contributed by atoms with Crippen molar-refractivity contribution in [1.29, 1.82) is 0 Å². The first-order valence-electron chi connectivity index (χ1n) is 5.73. The maximum atomic E-state index is 11.7. The highest BCUT2D eigenvalue weighted by Gasteiger charge is 2.17. The minimum atomic E-state index is -3.26. The molecular weight excluding hydrogens is 272 g/mol. The molecule has 2 aromatic rings. The van der Waals surface area contributed by atoms with E-state index in [2.05, 4.69) is 4.98 Å². The lowest BCUT2D eigenvalue weighted by molar-refractivity contribution is 0.602. The van der Waals surface area contributed by atoms with E-state index in [1.807, 2.05) is 17.6 Å². The number of aromatic nitrogens is 2. The summed E-state index contributed by atoms with van der Waals surface area (Å²) in [5.41, 5.74) is 1.39. The van der Waals surface area contributed by atoms with Crippen molar-refractivity contribution in [2.75, 3.05) is 12.1 Å². The third-order valence-corrected chi connectivity index (χ3v) is 4.17. The number of imidazole rings is 1. The molecule has 1 aromatic heterocycles. The molecule has 0 unspecified atom stereocenters. The monoisotopic (exact) mass is 286 g/mol. The second-order valence-electron chi connectivity index (χ2n) is 4.11. The van der Waals surface area contributed by atoms with Gasteiger partial charge in [0.25, 0.3) is 0 Å². The molecule has 0 saturated carbocycles. The third kappa shape index (κ3) is 2.24. The van der Waals surface area contributed by atoms with Gasteiger partial charge >= 0.3 is 0 Å². The molecule has 6 heteroatoms. The molecule has 1 aromatic carbocycles. The number of para-hydroxylation sites is 1. The van der Waals surface area contributed by atoms with Crippen LogP contribution in [-0.4, -0.2) is 30.1 Å². The molecule has 0 bridgehead atoms. The fraction of sp³-hybridized carbons (Fsp3) is 0.417. The predicted octanol–water partition coefficient (Wildman–Crippen LogP) is 2.24. The van der Waals surface area contributed by atoms with E-state index in [9.17, 15) is 8.42 Å². The molecular formula is C12H15ClN2O2S. The largest absolute Gasteiger partial charge is 0.328 e. The van der Waals surface area contributed by atoms with Gasteiger partial charge in [-0.1, -0.05) is 6.07 Å². The van der Waals surface area contributed by atoms with E-state index in [-0.39, 0.29) is 4.90 Å². The highest BCUT2D eigenvalue weighted by molar-refractivity contribution is 7.91. The zero-order valence-electron chi connectivity index (χ0n) is 10.4. The van der Waals surface area contributed by atoms with Crippen LogP contribution < -0.4 is 0 Å². The van der Waals surface area contributed by atoms with Crippen LogP contribution in [0.15, 0.2) is 23.1 Å². The van der Waals surface area contributed by atoms with Crippen LogP contribution >= 0.6 is 11.6 Å². The molecule has 18 heavy (non-hydrogen) atoms. The summed E-state index contributed by atoms with van der Waals surface area (Å²) >= 11 is 5.75. The van der Waals surface area contributed by atoms with Gasteiger partial charge in [-0.2, -0.15) is 0 Å². The lowest BCUT2D eigenvalue weighted by Gasteiger charge is -2.04. The minimum Gasteiger partial charge on any atom is -0.328 e. The molecule has 0 fully saturated rings. The number of sulfone groups is 1. The number of halogens is 1. The standard InChI is InChI=1S/C12H15ClN2O2S/c1-3-15-9-5-4-6-10(18(2,16)17)12(9)14-11(15)7-8-13/h4-6H,3,7-8H2,1-2H3. The summed E-state index contributed by atoms with van der Waals surface area (Å²) in [5, 5.41) is 0. The highest BCUT2D eigenvalue weighted by atomic mass is 35.5. The van der Waals surface area contributed by atoms with Gasteiger partial charge in [-0.05, 0) is 19.1 Å². The van der Waals surface area contributed by atoms with Gasteiger partial charge in [0, 0.05) is 25.1 Å². The van der Waals surface area contributed by atoms with Gasteiger partial charge in [-0.25, -0.2) is 13.4 Å². The van der Waals surface area contributed by atoms with Crippen molar-refractivity contribution in [3.05, 3.63) is 24.0 Å². The van der Waals surface area contributed by atoms with Crippen LogP contribution in [0.4, 0.5) is 0 Å². The average Bonchev–Trinajstić information content (AvgIpc) is 2.65. The maximum absolute atomic E-state index is 11.7. The first-order chi connectivity index (χ1) is 8.49. The van der Waals surface area contributed by atoms with E-state index < -0.39 is 9.84 Å². The Morgan fingerprint density at radius 1 is 1.39 bits per heavy atom. The third-order valence-electron chi connectivity index (χ3n) is 2.85. The first-order valence-corrected chi connectivity index (χ1v) is 8.15. The fourth-order valence-electron chi connectivity index (χ4n) is 2.10. The molecule has 0 saturated heterocycles. The molecule has 0 aliphatic rings. The summed E-state index contributed by atoms with van der Waals surface area (Å²) < 4.78 is 25.5. The molecule has 4 nitrogen and oxygen atoms in total. The number of benzene rings is 1. The molecule has 0 atom stereocenters. The number of aryl methyl sites for hydroxylation is 2. The number of fused-ring (bicyclic) bond motifs is 1. The van der Waals surface area contributed by atoms with Crippen molar-refractivity contribution < 1.29 is 8.42 Å². The molecule has 0 aliphatic carbocycles. The van der Waals surface area contributed by atoms with Gasteiger partial charge < -0.3 is 4.57 Å². The van der Waals surface area contributed by atoms with Crippen LogP contribution in [0.2, 0.25) is 0 Å². The average molecular weight is 287 g/mol. The van der Waals surface area contributed by atoms with Crippen LogP contribution in [0, 0.1) is 0 Å². The number of hydrogen-bond donors (Lipinski definition) is 0. The molecule has 0 spiro atoms. The molecule has 98 valence electrons. The fourth-order valence-corrected chi connectivity index (χ4v) is 3.09. The Kier molecular flexibility index (Phi) is 3.64. The lowest BCUT2D eigenvalue weighted by atomic mass is 10.3. The Morgan fingerprint density at radius 3 is 2.67 bits per heavy atom. The zero-order valence-corrected chi connectivity index (χ0v) is 11.9. The number of nitrogens with zero attached hydrogens (tertiary/aromatic N) is 2. The van der Waals surface area contributed by atoms with Crippen molar-refractivity contribution in [2.24, 2.45) is 0 Å². The molecule has 0 amide bonds. The maximum Gasteiger partial charge on any atom is 0.177 e. The van der Waals surface area contributed by atoms with Crippen LogP contribution in [0.5, 0.6) is 0 Å². The summed E-state index contributed by atoms with van der Waals surface area (Å²) in [4.78, 5) is 4.72. The summed E-state index contributed by atoms with van der Waals surface area (Å²) in [6, 6.07) is 5.23. The van der Waals surface area contributed by atoms with Crippen LogP contribution in [-0.2, 0) is 22.8 Å². The molecule has 2 rings (SSSR count). The number of rotatable bonds is 4. The van der Waals surface area contributed by atoms with Gasteiger partial charge in [0.15, 0.2) is 9.84 Å². The molecule has 0 aliphatic heterocycles. The summed E-state index contributed by atoms with van der Waals surface area (Å²) in [6.45, 7) is 2.75. The van der Waals surface area contributed by atoms with Crippen molar-refractivity contribution >= 4 is 32.5 Å². The Hall–Kier alpha value is -1.07. The van der Waals surface area contributed by atoms with Crippen molar-refractivity contribution in [2.45, 2.75) is 24.8 Å². The van der Waals surface area contributed by atoms with Crippen LogP contribution in [0.3, 0.4) is 0 Å². The smallest absolute Gasteiger partial charge is 0.177 e. The molecule has 1 heterocycles. The Labute approximate surface area is 112 Å². The summed E-state index contributed by atoms with van der Waals surface area (Å²) in [7, 11) is -3.26. The first kappa shape index (κ1) is 13.4. The van der Waals surface area contributed by atoms with E-state index in [4.69, 9.17) is 11.6 Å². The minimum absolute atomic E-state index is 0.281. The van der Waals surface area contributed by atoms with Gasteiger partial charge in [0.05, 0.1) is 10.4 Å². The lowest BCUT2D eigenvalue weighted by Crippen LogP contribution is -2.02. The Morgan fingerprint density at radius 2 is 2.11 bits per heavy atom. The summed E-state index contributed by atoms with van der Waals surface area (Å²) in [5.74, 6) is 1.30. The molecule has 0 N–H and O–H groups in total. The van der Waals surface area contributed by atoms with E-state index in [0.717, 1.165) is 17.9 Å². The van der Waals surface area contributed by atoms with Gasteiger partial charge in [0.2, 0.25) is 0 Å². The second-order valence-corrected chi connectivity index (χ2v) is 6.47.